The number of aryl methyl sites for hydroxylation is 1. The Balaban J connectivity index is 0.000000220. The van der Waals surface area contributed by atoms with Gasteiger partial charge in [0.1, 0.15) is 0 Å². The Kier molecular flexibility index (Phi) is 6.59. The van der Waals surface area contributed by atoms with Crippen molar-refractivity contribution in [2.45, 2.75) is 64.4 Å². The van der Waals surface area contributed by atoms with Gasteiger partial charge in [-0.25, -0.2) is 0 Å². The van der Waals surface area contributed by atoms with Gasteiger partial charge in [-0.15, -0.1) is 0 Å². The zero-order chi connectivity index (χ0) is 17.0. The molecule has 1 aliphatic carbocycles. The quantitative estimate of drug-likeness (QED) is 0.768. The summed E-state index contributed by atoms with van der Waals surface area (Å²) in [4.78, 5) is -0.0666. The van der Waals surface area contributed by atoms with Crippen LogP contribution in [0.15, 0.2) is 29.2 Å². The minimum absolute atomic E-state index is 0.00593. The number of aliphatic hydroxyl groups is 1. The summed E-state index contributed by atoms with van der Waals surface area (Å²) in [5, 5.41) is 9.29. The molecule has 1 aromatic rings. The summed E-state index contributed by atoms with van der Waals surface area (Å²) in [5.41, 5.74) is 1.40. The molecular formula is C17H28O4S. The van der Waals surface area contributed by atoms with Crippen LogP contribution in [0.5, 0.6) is 0 Å². The van der Waals surface area contributed by atoms with Crippen LogP contribution in [0.3, 0.4) is 0 Å². The van der Waals surface area contributed by atoms with Crippen molar-refractivity contribution < 1.29 is 18.1 Å². The van der Waals surface area contributed by atoms with Gasteiger partial charge in [0, 0.05) is 0 Å². The van der Waals surface area contributed by atoms with Gasteiger partial charge in [-0.05, 0) is 56.1 Å². The van der Waals surface area contributed by atoms with Crippen LogP contribution in [0.25, 0.3) is 0 Å². The van der Waals surface area contributed by atoms with E-state index in [1.54, 1.807) is 12.1 Å². The lowest BCUT2D eigenvalue weighted by Crippen LogP contribution is -2.27. The first-order valence-corrected chi connectivity index (χ1v) is 9.16. The second kappa shape index (κ2) is 7.57. The standard InChI is InChI=1S/C10H20O.C7H8O3S/c1-10(2,3)8-4-6-9(11)7-5-8;1-6-2-4-7(5-3-6)11(8,9)10/h8-9,11H,4-7H2,1-3H3;2-5H,1H3,(H,8,9,10). The fourth-order valence-corrected chi connectivity index (χ4v) is 3.13. The van der Waals surface area contributed by atoms with Gasteiger partial charge in [0.2, 0.25) is 0 Å². The van der Waals surface area contributed by atoms with Crippen LogP contribution < -0.4 is 0 Å². The van der Waals surface area contributed by atoms with E-state index in [2.05, 4.69) is 20.8 Å². The van der Waals surface area contributed by atoms with E-state index in [4.69, 9.17) is 4.55 Å². The molecule has 0 heterocycles. The van der Waals surface area contributed by atoms with Crippen LogP contribution in [0.4, 0.5) is 0 Å². The summed E-state index contributed by atoms with van der Waals surface area (Å²) in [6, 6.07) is 5.99. The van der Waals surface area contributed by atoms with E-state index in [0.717, 1.165) is 24.3 Å². The van der Waals surface area contributed by atoms with Crippen molar-refractivity contribution in [2.75, 3.05) is 0 Å². The first-order valence-electron chi connectivity index (χ1n) is 7.72. The average molecular weight is 328 g/mol. The molecule has 1 fully saturated rings. The lowest BCUT2D eigenvalue weighted by molar-refractivity contribution is 0.0725. The molecule has 0 atom stereocenters. The third kappa shape index (κ3) is 6.46. The van der Waals surface area contributed by atoms with Crippen molar-refractivity contribution in [3.63, 3.8) is 0 Å². The van der Waals surface area contributed by atoms with E-state index in [9.17, 15) is 13.5 Å². The van der Waals surface area contributed by atoms with E-state index in [0.29, 0.717) is 5.41 Å². The molecule has 0 bridgehead atoms. The molecule has 2 N–H and O–H groups in total. The third-order valence-electron chi connectivity index (χ3n) is 4.24. The van der Waals surface area contributed by atoms with E-state index in [1.165, 1.54) is 25.0 Å². The van der Waals surface area contributed by atoms with Crippen molar-refractivity contribution in [2.24, 2.45) is 11.3 Å². The molecule has 0 aromatic heterocycles. The second-order valence-corrected chi connectivity index (χ2v) is 8.58. The van der Waals surface area contributed by atoms with Gasteiger partial charge in [-0.2, -0.15) is 8.42 Å². The summed E-state index contributed by atoms with van der Waals surface area (Å²) in [6.45, 7) is 8.74. The number of hydrogen-bond donors (Lipinski definition) is 2. The first-order chi connectivity index (χ1) is 10.00. The van der Waals surface area contributed by atoms with E-state index < -0.39 is 10.1 Å². The van der Waals surface area contributed by atoms with Gasteiger partial charge in [0.15, 0.2) is 0 Å². The molecule has 0 aliphatic heterocycles. The first kappa shape index (κ1) is 19.1. The number of hydrogen-bond acceptors (Lipinski definition) is 3. The minimum atomic E-state index is -4.02. The van der Waals surface area contributed by atoms with Gasteiger partial charge >= 0.3 is 0 Å². The van der Waals surface area contributed by atoms with E-state index in [1.807, 2.05) is 6.92 Å². The zero-order valence-electron chi connectivity index (χ0n) is 13.9. The van der Waals surface area contributed by atoms with E-state index in [-0.39, 0.29) is 11.0 Å². The van der Waals surface area contributed by atoms with E-state index >= 15 is 0 Å². The molecule has 22 heavy (non-hydrogen) atoms. The average Bonchev–Trinajstić information content (AvgIpc) is 2.38. The highest BCUT2D eigenvalue weighted by atomic mass is 32.2. The fourth-order valence-electron chi connectivity index (χ4n) is 2.65. The third-order valence-corrected chi connectivity index (χ3v) is 5.11. The molecule has 5 heteroatoms. The fraction of sp³-hybridized carbons (Fsp3) is 0.647. The van der Waals surface area contributed by atoms with Crippen molar-refractivity contribution in [1.29, 1.82) is 0 Å². The molecular weight excluding hydrogens is 300 g/mol. The molecule has 126 valence electrons. The lowest BCUT2D eigenvalue weighted by Gasteiger charge is -2.35. The maximum Gasteiger partial charge on any atom is 0.294 e. The van der Waals surface area contributed by atoms with Crippen LogP contribution in [0.2, 0.25) is 0 Å². The Labute approximate surface area is 134 Å². The molecule has 0 spiro atoms. The van der Waals surface area contributed by atoms with Crippen molar-refractivity contribution in [3.05, 3.63) is 29.8 Å². The Bertz CT molecular complexity index is 547. The van der Waals surface area contributed by atoms with Gasteiger partial charge < -0.3 is 5.11 Å². The van der Waals surface area contributed by atoms with Crippen molar-refractivity contribution in [3.8, 4) is 0 Å². The topological polar surface area (TPSA) is 74.6 Å². The van der Waals surface area contributed by atoms with Gasteiger partial charge in [-0.1, -0.05) is 38.5 Å². The Hall–Kier alpha value is -0.910. The minimum Gasteiger partial charge on any atom is -0.393 e. The van der Waals surface area contributed by atoms with Crippen LogP contribution in [-0.2, 0) is 10.1 Å². The molecule has 1 saturated carbocycles. The molecule has 1 aromatic carbocycles. The highest BCUT2D eigenvalue weighted by Gasteiger charge is 2.28. The van der Waals surface area contributed by atoms with Crippen LogP contribution >= 0.6 is 0 Å². The summed E-state index contributed by atoms with van der Waals surface area (Å²) in [5.74, 6) is 0.825. The zero-order valence-corrected chi connectivity index (χ0v) is 14.7. The number of rotatable bonds is 1. The Morgan fingerprint density at radius 1 is 1.00 bits per heavy atom. The van der Waals surface area contributed by atoms with Gasteiger partial charge in [-0.3, -0.25) is 4.55 Å². The lowest BCUT2D eigenvalue weighted by atomic mass is 9.72. The molecule has 4 nitrogen and oxygen atoms in total. The molecule has 0 radical (unpaired) electrons. The van der Waals surface area contributed by atoms with Crippen LogP contribution in [-0.4, -0.2) is 24.2 Å². The summed E-state index contributed by atoms with van der Waals surface area (Å²) >= 11 is 0. The molecule has 2 rings (SSSR count). The maximum atomic E-state index is 10.5. The number of aliphatic hydroxyl groups excluding tert-OH is 1. The van der Waals surface area contributed by atoms with Crippen molar-refractivity contribution in [1.82, 2.24) is 0 Å². The predicted molar refractivity (Wildman–Crippen MR) is 88.4 cm³/mol. The Morgan fingerprint density at radius 2 is 1.45 bits per heavy atom. The molecule has 0 saturated heterocycles. The largest absolute Gasteiger partial charge is 0.393 e. The number of benzene rings is 1. The van der Waals surface area contributed by atoms with Crippen molar-refractivity contribution >= 4 is 10.1 Å². The molecule has 0 amide bonds. The summed E-state index contributed by atoms with van der Waals surface area (Å²) in [7, 11) is -4.02. The Morgan fingerprint density at radius 3 is 1.82 bits per heavy atom. The smallest absolute Gasteiger partial charge is 0.294 e. The highest BCUT2D eigenvalue weighted by molar-refractivity contribution is 7.85. The monoisotopic (exact) mass is 328 g/mol. The van der Waals surface area contributed by atoms with Gasteiger partial charge in [0.25, 0.3) is 10.1 Å². The normalized spacial score (nSPS) is 22.6. The summed E-state index contributed by atoms with van der Waals surface area (Å²) < 4.78 is 29.6. The summed E-state index contributed by atoms with van der Waals surface area (Å²) in [6.07, 6.45) is 4.45. The molecule has 1 aliphatic rings. The van der Waals surface area contributed by atoms with Crippen LogP contribution in [0, 0.1) is 18.3 Å². The predicted octanol–water partition coefficient (Wildman–Crippen LogP) is 3.83. The SMILES string of the molecule is CC(C)(C)C1CCC(O)CC1.Cc1ccc(S(=O)(=O)O)cc1. The second-order valence-electron chi connectivity index (χ2n) is 7.16. The highest BCUT2D eigenvalue weighted by Crippen LogP contribution is 2.37. The molecule has 0 unspecified atom stereocenters. The van der Waals surface area contributed by atoms with Crippen LogP contribution in [0.1, 0.15) is 52.0 Å². The van der Waals surface area contributed by atoms with Gasteiger partial charge in [0.05, 0.1) is 11.0 Å². The maximum absolute atomic E-state index is 10.5.